The van der Waals surface area contributed by atoms with E-state index in [1.807, 2.05) is 0 Å². The van der Waals surface area contributed by atoms with Crippen molar-refractivity contribution in [2.75, 3.05) is 10.6 Å². The number of rotatable bonds is 4. The van der Waals surface area contributed by atoms with E-state index in [-0.39, 0.29) is 11.9 Å². The molecule has 0 saturated carbocycles. The maximum absolute atomic E-state index is 3.74. The Kier molecular flexibility index (Phi) is 2.49. The maximum atomic E-state index is 3.74. The first kappa shape index (κ1) is 10.1. The van der Waals surface area contributed by atoms with Gasteiger partial charge in [0.1, 0.15) is 0 Å². The number of hydrogen-bond acceptors (Lipinski definition) is 14. The van der Waals surface area contributed by atoms with E-state index in [9.17, 15) is 0 Å². The van der Waals surface area contributed by atoms with Gasteiger partial charge >= 0.3 is 0 Å². The van der Waals surface area contributed by atoms with Crippen LogP contribution < -0.4 is 10.6 Å². The van der Waals surface area contributed by atoms with Gasteiger partial charge in [0.2, 0.25) is 0 Å². The summed E-state index contributed by atoms with van der Waals surface area (Å²) in [6.07, 6.45) is -1.30. The zero-order valence-electron chi connectivity index (χ0n) is 8.52. The minimum absolute atomic E-state index is 0.139. The summed E-state index contributed by atoms with van der Waals surface area (Å²) in [4.78, 5) is 0. The molecule has 0 saturated heterocycles. The van der Waals surface area contributed by atoms with Crippen LogP contribution in [0.2, 0.25) is 0 Å². The van der Waals surface area contributed by atoms with Crippen molar-refractivity contribution in [2.45, 2.75) is 12.6 Å². The topological polar surface area (TPSA) is 174 Å². The second-order valence-corrected chi connectivity index (χ2v) is 2.90. The van der Waals surface area contributed by atoms with E-state index in [2.05, 4.69) is 72.4 Å². The predicted octanol–water partition coefficient (Wildman–Crippen LogP) is 0.324. The van der Waals surface area contributed by atoms with E-state index in [1.54, 1.807) is 0 Å². The fraction of sp³-hybridized carbons (Fsp3) is 0.500. The second-order valence-electron chi connectivity index (χ2n) is 2.90. The Balaban J connectivity index is 1.61. The Bertz CT molecular complexity index is 452. The van der Waals surface area contributed by atoms with Gasteiger partial charge in [0.05, 0.1) is 0 Å². The van der Waals surface area contributed by atoms with Crippen LogP contribution >= 0.6 is 0 Å². The molecule has 0 radical (unpaired) electrons. The average molecular weight is 248 g/mol. The molecular formula is C4H4N14. The first-order valence-corrected chi connectivity index (χ1v) is 4.60. The highest BCUT2D eigenvalue weighted by Crippen LogP contribution is 2.09. The third-order valence-corrected chi connectivity index (χ3v) is 1.72. The Hall–Kier alpha value is -3.06. The van der Waals surface area contributed by atoms with Crippen molar-refractivity contribution in [1.82, 2.24) is 20.4 Å². The Morgan fingerprint density at radius 2 is 0.889 bits per heavy atom. The summed E-state index contributed by atoms with van der Waals surface area (Å²) in [5, 5.41) is 48.0. The maximum Gasteiger partial charge on any atom is 0.265 e. The lowest BCUT2D eigenvalue weighted by Gasteiger charge is -2.05. The molecule has 0 bridgehead atoms. The van der Waals surface area contributed by atoms with E-state index in [0.717, 1.165) is 0 Å². The molecular weight excluding hydrogens is 244 g/mol. The Morgan fingerprint density at radius 1 is 0.556 bits per heavy atom. The van der Waals surface area contributed by atoms with Gasteiger partial charge in [0.25, 0.3) is 24.5 Å². The standard InChI is InChI=1S/C4H4N14/c5(3-11-15-16-12-3)1-7-9-2(10-8-1)6-4-13-17-18-14-4/h3-4H,(H,5,7,8)(H,6,9,10). The van der Waals surface area contributed by atoms with Crippen LogP contribution in [-0.2, 0) is 0 Å². The SMILES string of the molecule is N1=NC(Nc2nnc(NC3N=NN=N3)nn2)N=N1. The minimum atomic E-state index is -0.648. The van der Waals surface area contributed by atoms with Gasteiger partial charge in [0, 0.05) is 0 Å². The van der Waals surface area contributed by atoms with E-state index >= 15 is 0 Å². The van der Waals surface area contributed by atoms with Crippen LogP contribution in [0.4, 0.5) is 11.9 Å². The van der Waals surface area contributed by atoms with Crippen LogP contribution in [0.5, 0.6) is 0 Å². The van der Waals surface area contributed by atoms with E-state index in [0.29, 0.717) is 0 Å². The van der Waals surface area contributed by atoms with E-state index in [4.69, 9.17) is 0 Å². The molecule has 0 unspecified atom stereocenters. The molecule has 0 aliphatic carbocycles. The molecule has 0 fully saturated rings. The molecule has 90 valence electrons. The van der Waals surface area contributed by atoms with Crippen LogP contribution in [0.25, 0.3) is 0 Å². The number of nitrogens with one attached hydrogen (secondary N) is 2. The Morgan fingerprint density at radius 3 is 1.22 bits per heavy atom. The highest BCUT2D eigenvalue weighted by atomic mass is 15.6. The highest BCUT2D eigenvalue weighted by molar-refractivity contribution is 5.26. The monoisotopic (exact) mass is 248 g/mol. The first-order chi connectivity index (χ1) is 8.90. The molecule has 18 heavy (non-hydrogen) atoms. The molecule has 1 aromatic rings. The predicted molar refractivity (Wildman–Crippen MR) is 51.9 cm³/mol. The van der Waals surface area contributed by atoms with Crippen molar-refractivity contribution in [3.05, 3.63) is 0 Å². The fourth-order valence-corrected chi connectivity index (χ4v) is 1.03. The molecule has 14 heteroatoms. The molecule has 2 N–H and O–H groups in total. The van der Waals surface area contributed by atoms with Crippen LogP contribution in [0.3, 0.4) is 0 Å². The number of nitrogens with zero attached hydrogens (tertiary/aromatic N) is 12. The van der Waals surface area contributed by atoms with Crippen molar-refractivity contribution < 1.29 is 0 Å². The number of anilines is 2. The van der Waals surface area contributed by atoms with Gasteiger partial charge in [-0.05, 0) is 20.9 Å². The lowest BCUT2D eigenvalue weighted by atomic mass is 10.8. The molecule has 1 aromatic heterocycles. The van der Waals surface area contributed by atoms with Crippen molar-refractivity contribution in [2.24, 2.45) is 41.4 Å². The van der Waals surface area contributed by atoms with Gasteiger partial charge in [0.15, 0.2) is 0 Å². The molecule has 0 aromatic carbocycles. The lowest BCUT2D eigenvalue weighted by molar-refractivity contribution is 0.735. The minimum Gasteiger partial charge on any atom is -0.309 e. The third kappa shape index (κ3) is 2.20. The number of aromatic nitrogens is 4. The summed E-state index contributed by atoms with van der Waals surface area (Å²) in [5.41, 5.74) is 0. The fourth-order valence-electron chi connectivity index (χ4n) is 1.03. The van der Waals surface area contributed by atoms with Gasteiger partial charge in [-0.1, -0.05) is 0 Å². The molecule has 2 aliphatic rings. The summed E-state index contributed by atoms with van der Waals surface area (Å²) in [5.74, 6) is 0.278. The highest BCUT2D eigenvalue weighted by Gasteiger charge is 2.13. The molecule has 3 rings (SSSR count). The molecule has 0 atom stereocenters. The average Bonchev–Trinajstić information content (AvgIpc) is 3.05. The normalized spacial score (nSPS) is 17.8. The van der Waals surface area contributed by atoms with E-state index < -0.39 is 12.6 Å². The molecule has 0 amide bonds. The van der Waals surface area contributed by atoms with Crippen molar-refractivity contribution in [3.63, 3.8) is 0 Å². The smallest absolute Gasteiger partial charge is 0.265 e. The van der Waals surface area contributed by atoms with E-state index in [1.165, 1.54) is 0 Å². The van der Waals surface area contributed by atoms with Gasteiger partial charge < -0.3 is 10.6 Å². The second kappa shape index (κ2) is 4.44. The third-order valence-electron chi connectivity index (χ3n) is 1.72. The summed E-state index contributed by atoms with van der Waals surface area (Å²) >= 11 is 0. The van der Waals surface area contributed by atoms with Crippen LogP contribution in [0.1, 0.15) is 0 Å². The van der Waals surface area contributed by atoms with Crippen molar-refractivity contribution in [3.8, 4) is 0 Å². The molecule has 14 nitrogen and oxygen atoms in total. The number of hydrogen-bond donors (Lipinski definition) is 2. The summed E-state index contributed by atoms with van der Waals surface area (Å²) < 4.78 is 0. The van der Waals surface area contributed by atoms with Gasteiger partial charge in [-0.3, -0.25) is 0 Å². The molecule has 3 heterocycles. The van der Waals surface area contributed by atoms with Gasteiger partial charge in [-0.15, -0.1) is 40.9 Å². The van der Waals surface area contributed by atoms with Crippen molar-refractivity contribution in [1.29, 1.82) is 0 Å². The zero-order valence-corrected chi connectivity index (χ0v) is 8.52. The summed E-state index contributed by atoms with van der Waals surface area (Å²) in [6, 6.07) is 0. The van der Waals surface area contributed by atoms with Gasteiger partial charge in [-0.25, -0.2) is 0 Å². The molecule has 2 aliphatic heterocycles. The van der Waals surface area contributed by atoms with Crippen LogP contribution in [0.15, 0.2) is 41.4 Å². The lowest BCUT2D eigenvalue weighted by Crippen LogP contribution is -2.18. The quantitative estimate of drug-likeness (QED) is 0.775. The Labute approximate surface area is 97.8 Å². The van der Waals surface area contributed by atoms with Gasteiger partial charge in [-0.2, -0.15) is 0 Å². The first-order valence-electron chi connectivity index (χ1n) is 4.60. The largest absolute Gasteiger partial charge is 0.309 e. The van der Waals surface area contributed by atoms with Crippen molar-refractivity contribution >= 4 is 11.9 Å². The summed E-state index contributed by atoms with van der Waals surface area (Å²) in [7, 11) is 0. The zero-order chi connectivity index (χ0) is 12.2. The molecule has 0 spiro atoms. The summed E-state index contributed by atoms with van der Waals surface area (Å²) in [6.45, 7) is 0. The van der Waals surface area contributed by atoms with Crippen LogP contribution in [-0.4, -0.2) is 33.0 Å². The van der Waals surface area contributed by atoms with Crippen LogP contribution in [0, 0.1) is 0 Å².